The number of hydrogen-bond donors (Lipinski definition) is 9. The fraction of sp³-hybridized carbons (Fsp3) is 0.792. The molecule has 10 aliphatic carbocycles. The van der Waals surface area contributed by atoms with E-state index in [1.54, 1.807) is 25.3 Å². The number of nitrogens with one attached hydrogen (secondary N) is 1. The van der Waals surface area contributed by atoms with Gasteiger partial charge in [-0.1, -0.05) is 92.3 Å². The van der Waals surface area contributed by atoms with Crippen LogP contribution in [0.15, 0.2) is 54.2 Å². The highest BCUT2D eigenvalue weighted by molar-refractivity contribution is 8.76. The van der Waals surface area contributed by atoms with Gasteiger partial charge in [0.25, 0.3) is 0 Å². The molecule has 18 aliphatic rings. The van der Waals surface area contributed by atoms with Crippen molar-refractivity contribution in [2.24, 2.45) is 109 Å². The molecule has 17 heteroatoms. The maximum absolute atomic E-state index is 17.2. The lowest BCUT2D eigenvalue weighted by Crippen LogP contribution is -2.80. The molecule has 11 fully saturated rings. The number of phenolic OH excluding ortho intramolecular Hbond substituents is 1. The van der Waals surface area contributed by atoms with Gasteiger partial charge in [0.1, 0.15) is 28.5 Å². The van der Waals surface area contributed by atoms with Gasteiger partial charge in [0.15, 0.2) is 5.78 Å². The number of phenols is 1. The van der Waals surface area contributed by atoms with Crippen LogP contribution in [0.5, 0.6) is 5.75 Å². The lowest BCUT2D eigenvalue weighted by Gasteiger charge is -2.75. The van der Waals surface area contributed by atoms with E-state index in [4.69, 9.17) is 14.2 Å². The number of allylic oxidation sites excluding steroid dienone is 3. The number of amides is 1. The number of benzene rings is 1. The smallest absolute Gasteiger partial charge is 0.234 e. The number of carbonyl (C=O) groups is 2. The van der Waals surface area contributed by atoms with Gasteiger partial charge in [0, 0.05) is 96.4 Å². The van der Waals surface area contributed by atoms with Crippen molar-refractivity contribution in [1.29, 1.82) is 0 Å². The second-order valence-electron chi connectivity index (χ2n) is 34.6. The molecule has 8 heterocycles. The number of ether oxygens (including phenoxy) is 3. The summed E-state index contributed by atoms with van der Waals surface area (Å²) in [7, 11) is 4.52. The summed E-state index contributed by atoms with van der Waals surface area (Å²) < 4.78 is 19.5. The highest BCUT2D eigenvalue weighted by atomic mass is 33.1. The largest absolute Gasteiger partial charge is 0.508 e. The van der Waals surface area contributed by atoms with E-state index >= 15 is 9.59 Å². The van der Waals surface area contributed by atoms with E-state index in [0.717, 1.165) is 63.4 Å². The molecule has 7 saturated carbocycles. The number of carbonyl (C=O) groups excluding carboxylic acids is 2. The van der Waals surface area contributed by atoms with Gasteiger partial charge in [-0.2, -0.15) is 0 Å². The molecule has 9 N–H and O–H groups in total. The monoisotopic (exact) mass is 1330 g/mol. The van der Waals surface area contributed by atoms with E-state index < -0.39 is 103 Å². The minimum absolute atomic E-state index is 0.0197. The topological polar surface area (TPSA) is 242 Å². The summed E-state index contributed by atoms with van der Waals surface area (Å²) in [6.07, 6.45) is 20.6. The van der Waals surface area contributed by atoms with Gasteiger partial charge in [-0.05, 0) is 210 Å². The molecular formula is C77H104N2O13S2. The SMILES string of the molecule is CO[C@H]1C=C[C@@H]2C[C@H]3N[C@]4(CC[C@@H](CC#C[C@H]5C[C@@]6(CN7C(=O)[C@]68[C@@H](CO)CCC[C@H]8CSS[C@@H](O)[C@@]68C[C@H]9OCC[C@H]%10CCC[C@@]%10([C@]6(C)[C@H]6C[C@@H]%10C=CC[C@](O)([C@@H]%11O[C@H]%11[C@H](C)C(C)C)[C@H]%11CC[C@@](O)(C6=CC8=O)[C@@]%11%10CCc6cc(O)cc7c6)[C@@]9(O)CO)[C@@H](O)[C@H]53)C4)[C@H]2C1. The van der Waals surface area contributed by atoms with E-state index in [2.05, 4.69) is 69.2 Å². The summed E-state index contributed by atoms with van der Waals surface area (Å²) in [5, 5.41) is 112. The van der Waals surface area contributed by atoms with Crippen molar-refractivity contribution in [3.63, 3.8) is 0 Å². The number of hydrogen-bond acceptors (Lipinski definition) is 16. The lowest BCUT2D eigenvalue weighted by molar-refractivity contribution is -0.317. The minimum Gasteiger partial charge on any atom is -0.508 e. The van der Waals surface area contributed by atoms with Crippen LogP contribution in [0.4, 0.5) is 5.69 Å². The van der Waals surface area contributed by atoms with Crippen LogP contribution in [0.25, 0.3) is 0 Å². The van der Waals surface area contributed by atoms with Crippen LogP contribution in [-0.4, -0.2) is 156 Å². The number of aliphatic hydroxyl groups is 7. The van der Waals surface area contributed by atoms with Crippen LogP contribution in [0, 0.1) is 121 Å². The molecule has 94 heavy (non-hydrogen) atoms. The summed E-state index contributed by atoms with van der Waals surface area (Å²) in [4.78, 5) is 36.0. The summed E-state index contributed by atoms with van der Waals surface area (Å²) in [5.74, 6) is 5.68. The molecule has 512 valence electrons. The molecule has 15 nitrogen and oxygen atoms in total. The normalized spacial score (nSPS) is 53.6. The van der Waals surface area contributed by atoms with Crippen LogP contribution >= 0.6 is 21.6 Å². The molecule has 29 atom stereocenters. The quantitative estimate of drug-likeness (QED) is 0.0559. The number of aryl methyl sites for hydroxylation is 1. The van der Waals surface area contributed by atoms with Crippen molar-refractivity contribution in [2.75, 3.05) is 44.1 Å². The maximum atomic E-state index is 17.2. The van der Waals surface area contributed by atoms with Crippen LogP contribution < -0.4 is 10.2 Å². The fourth-order valence-corrected chi connectivity index (χ4v) is 30.9. The Labute approximate surface area is 563 Å². The van der Waals surface area contributed by atoms with Crippen molar-refractivity contribution in [3.05, 3.63) is 59.7 Å². The second kappa shape index (κ2) is 22.1. The number of piperidine rings is 1. The standard InChI is InChI=1S/C77H104N2O13S2/c1-42(2)43(3)63-65(92-63)73(87)22-8-15-49-31-56-57-34-60(83)72(37-61-76(89,41-81)74(68(56,72)4)23-9-14-48(74)21-27-91-61)67(86)94-93-39-51-13-7-12-50(38-80)77(51)66(85)79(52-28-45(29-53(82)32-52)19-25-71(49)59(73)20-26-75(57,71)88)40-69(77)36-47-11-6-10-44-18-24-70(35-44)55-33-54(90-5)17-16-46(55)30-58(78-70)62(47)64(69)84/h8,15-17,28-29,32,34,42-44,46-51,54-56,58-59,61-65,67,78,80-82,84,86-89H,7,9-10,12-14,18-27,30-31,33,35-41H2,1-5H3/t43-,44-,46-,47+,48-,49+,50-,51+,54+,55+,56+,58-,59+,61-,62-,63+,64+,65-,67-,68-,69-,70+,71-,72+,73-,74-,75-,76-,77-/m1/s1. The number of epoxide rings is 1. The molecule has 13 bridgehead atoms. The number of fused-ring (bicyclic) bond motifs is 7. The van der Waals surface area contributed by atoms with Crippen molar-refractivity contribution in [2.45, 2.75) is 227 Å². The zero-order valence-electron chi connectivity index (χ0n) is 55.9. The average Bonchev–Trinajstić information content (AvgIpc) is 1.22. The molecule has 19 rings (SSSR count). The van der Waals surface area contributed by atoms with E-state index in [1.165, 1.54) is 21.6 Å². The molecule has 0 radical (unpaired) electrons. The van der Waals surface area contributed by atoms with Crippen LogP contribution in [0.1, 0.15) is 162 Å². The van der Waals surface area contributed by atoms with Crippen molar-refractivity contribution in [1.82, 2.24) is 5.32 Å². The summed E-state index contributed by atoms with van der Waals surface area (Å²) in [6.45, 7) is 8.30. The lowest BCUT2D eigenvalue weighted by atomic mass is 9.30. The number of aromatic hydroxyl groups is 1. The van der Waals surface area contributed by atoms with Gasteiger partial charge >= 0.3 is 0 Å². The molecule has 8 aliphatic heterocycles. The third-order valence-corrected chi connectivity index (χ3v) is 34.5. The number of aliphatic hydroxyl groups excluding tert-OH is 4. The van der Waals surface area contributed by atoms with Gasteiger partial charge < -0.3 is 65.3 Å². The van der Waals surface area contributed by atoms with Crippen molar-refractivity contribution >= 4 is 39.0 Å². The first-order chi connectivity index (χ1) is 45.1. The Hall–Kier alpha value is -2.80. The van der Waals surface area contributed by atoms with Gasteiger partial charge in [-0.3, -0.25) is 9.59 Å². The van der Waals surface area contributed by atoms with Crippen LogP contribution in [0.3, 0.4) is 0 Å². The Bertz CT molecular complexity index is 3430. The third-order valence-electron chi connectivity index (χ3n) is 31.9. The highest BCUT2D eigenvalue weighted by Crippen LogP contribution is 2.83. The third kappa shape index (κ3) is 7.96. The summed E-state index contributed by atoms with van der Waals surface area (Å²) in [6, 6.07) is 5.37. The summed E-state index contributed by atoms with van der Waals surface area (Å²) >= 11 is 0. The number of methoxy groups -OCH3 is 1. The van der Waals surface area contributed by atoms with Gasteiger partial charge in [-0.15, -0.1) is 5.92 Å². The Morgan fingerprint density at radius 2 is 1.73 bits per heavy atom. The Kier molecular flexibility index (Phi) is 15.2. The van der Waals surface area contributed by atoms with Gasteiger partial charge in [0.2, 0.25) is 5.91 Å². The first-order valence-electron chi connectivity index (χ1n) is 36.9. The predicted molar refractivity (Wildman–Crippen MR) is 358 cm³/mol. The molecule has 0 aromatic heterocycles. The zero-order chi connectivity index (χ0) is 65.3. The molecule has 1 amide bonds. The minimum atomic E-state index is -1.81. The second-order valence-corrected chi connectivity index (χ2v) is 37.0. The fourth-order valence-electron chi connectivity index (χ4n) is 27.9. The number of ketones is 1. The predicted octanol–water partition coefficient (Wildman–Crippen LogP) is 9.00. The van der Waals surface area contributed by atoms with E-state index in [0.29, 0.717) is 99.7 Å². The highest BCUT2D eigenvalue weighted by Gasteiger charge is 2.86. The number of nitrogens with zero attached hydrogens (tertiary/aromatic N) is 1. The van der Waals surface area contributed by atoms with Crippen LogP contribution in [-0.2, 0) is 30.2 Å². The van der Waals surface area contributed by atoms with E-state index in [-0.39, 0.29) is 109 Å². The molecule has 6 spiro atoms. The van der Waals surface area contributed by atoms with Gasteiger partial charge in [-0.25, -0.2) is 0 Å². The molecule has 0 unspecified atom stereocenters. The van der Waals surface area contributed by atoms with Gasteiger partial charge in [0.05, 0.1) is 47.5 Å². The molecular weight excluding hydrogens is 1220 g/mol. The first-order valence-corrected chi connectivity index (χ1v) is 39.3. The summed E-state index contributed by atoms with van der Waals surface area (Å²) in [5.41, 5.74) is -12.2. The zero-order valence-corrected chi connectivity index (χ0v) is 57.6. The van der Waals surface area contributed by atoms with Crippen molar-refractivity contribution in [3.8, 4) is 17.6 Å². The Morgan fingerprint density at radius 3 is 2.53 bits per heavy atom. The number of anilines is 1. The maximum Gasteiger partial charge on any atom is 0.234 e. The van der Waals surface area contributed by atoms with E-state index in [9.17, 15) is 40.9 Å². The van der Waals surface area contributed by atoms with Crippen molar-refractivity contribution < 1.29 is 64.7 Å². The molecule has 4 saturated heterocycles. The van der Waals surface area contributed by atoms with E-state index in [1.807, 2.05) is 11.0 Å². The Balaban J connectivity index is 0.855. The Morgan fingerprint density at radius 1 is 0.904 bits per heavy atom. The molecule has 1 aromatic rings. The average molecular weight is 1330 g/mol. The first kappa shape index (κ1) is 64.6. The molecule has 1 aromatic carbocycles. The van der Waals surface area contributed by atoms with Crippen LogP contribution in [0.2, 0.25) is 0 Å². The number of rotatable bonds is 6.